The Kier molecular flexibility index (Phi) is 4.96. The van der Waals surface area contributed by atoms with Crippen LogP contribution in [-0.4, -0.2) is 36.9 Å². The van der Waals surface area contributed by atoms with Crippen LogP contribution in [0.15, 0.2) is 28.7 Å². The van der Waals surface area contributed by atoms with Gasteiger partial charge in [-0.15, -0.1) is 5.10 Å². The highest BCUT2D eigenvalue weighted by Crippen LogP contribution is 2.31. The van der Waals surface area contributed by atoms with E-state index in [0.29, 0.717) is 36.0 Å². The highest BCUT2D eigenvalue weighted by atomic mass is 16.4. The molecule has 9 nitrogen and oxygen atoms in total. The summed E-state index contributed by atoms with van der Waals surface area (Å²) in [5.41, 5.74) is 1.98. The number of fused-ring (bicyclic) bond motifs is 1. The summed E-state index contributed by atoms with van der Waals surface area (Å²) in [6.45, 7) is 5.99. The van der Waals surface area contributed by atoms with Gasteiger partial charge in [0.2, 0.25) is 5.91 Å². The van der Waals surface area contributed by atoms with Gasteiger partial charge in [-0.05, 0) is 46.9 Å². The fourth-order valence-corrected chi connectivity index (χ4v) is 3.45. The van der Waals surface area contributed by atoms with Crippen molar-refractivity contribution in [2.24, 2.45) is 11.8 Å². The molecule has 2 heterocycles. The zero-order valence-corrected chi connectivity index (χ0v) is 16.5. The van der Waals surface area contributed by atoms with Crippen molar-refractivity contribution in [3.8, 4) is 5.69 Å². The number of ketones is 1. The lowest BCUT2D eigenvalue weighted by Gasteiger charge is -2.22. The van der Waals surface area contributed by atoms with Gasteiger partial charge in [-0.3, -0.25) is 14.9 Å². The highest BCUT2D eigenvalue weighted by molar-refractivity contribution is 5.97. The summed E-state index contributed by atoms with van der Waals surface area (Å²) >= 11 is 0. The van der Waals surface area contributed by atoms with Crippen molar-refractivity contribution in [3.63, 3.8) is 0 Å². The number of nitrogens with zero attached hydrogens (tertiary/aromatic N) is 5. The minimum atomic E-state index is -0.261. The summed E-state index contributed by atoms with van der Waals surface area (Å²) < 4.78 is 7.27. The predicted octanol–water partition coefficient (Wildman–Crippen LogP) is 2.54. The van der Waals surface area contributed by atoms with Gasteiger partial charge >= 0.3 is 6.01 Å². The Hall–Kier alpha value is -3.36. The van der Waals surface area contributed by atoms with Gasteiger partial charge < -0.3 is 4.42 Å². The lowest BCUT2D eigenvalue weighted by Crippen LogP contribution is -2.23. The number of amides is 1. The molecule has 0 bridgehead atoms. The largest absolute Gasteiger partial charge is 0.428 e. The lowest BCUT2D eigenvalue weighted by molar-refractivity contribution is -0.115. The molecule has 150 valence electrons. The summed E-state index contributed by atoms with van der Waals surface area (Å²) in [5, 5.41) is 14.0. The van der Waals surface area contributed by atoms with Gasteiger partial charge in [0.05, 0.1) is 12.1 Å². The third-order valence-electron chi connectivity index (χ3n) is 5.22. The molecule has 1 unspecified atom stereocenters. The number of hydrogen-bond acceptors (Lipinski definition) is 7. The summed E-state index contributed by atoms with van der Waals surface area (Å²) in [4.78, 5) is 28.9. The van der Waals surface area contributed by atoms with Crippen LogP contribution in [0, 0.1) is 18.8 Å². The topological polar surface area (TPSA) is 116 Å². The summed E-state index contributed by atoms with van der Waals surface area (Å²) in [7, 11) is 0. The van der Waals surface area contributed by atoms with E-state index in [9.17, 15) is 9.59 Å². The average molecular weight is 394 g/mol. The summed E-state index contributed by atoms with van der Waals surface area (Å²) in [6, 6.07) is 7.46. The molecule has 1 aromatic carbocycles. The van der Waals surface area contributed by atoms with Gasteiger partial charge in [0.15, 0.2) is 11.6 Å². The van der Waals surface area contributed by atoms with Gasteiger partial charge in [-0.2, -0.15) is 9.67 Å². The van der Waals surface area contributed by atoms with Gasteiger partial charge in [0.1, 0.15) is 11.5 Å². The Morgan fingerprint density at radius 2 is 2.03 bits per heavy atom. The van der Waals surface area contributed by atoms with E-state index in [1.165, 1.54) is 0 Å². The van der Waals surface area contributed by atoms with Crippen LogP contribution in [0.4, 0.5) is 6.01 Å². The van der Waals surface area contributed by atoms with Gasteiger partial charge in [0.25, 0.3) is 0 Å². The molecule has 29 heavy (non-hydrogen) atoms. The van der Waals surface area contributed by atoms with Crippen molar-refractivity contribution >= 4 is 17.7 Å². The second-order valence-electron chi connectivity index (χ2n) is 7.66. The predicted molar refractivity (Wildman–Crippen MR) is 104 cm³/mol. The van der Waals surface area contributed by atoms with E-state index in [1.54, 1.807) is 4.68 Å². The average Bonchev–Trinajstić information content (AvgIpc) is 3.28. The molecular weight excluding hydrogens is 372 g/mol. The second-order valence-corrected chi connectivity index (χ2v) is 7.66. The Balaban J connectivity index is 1.41. The second kappa shape index (κ2) is 7.57. The number of carbonyl (C=O) groups excluding carboxylic acids is 2. The van der Waals surface area contributed by atoms with E-state index in [1.807, 2.05) is 31.2 Å². The van der Waals surface area contributed by atoms with Crippen LogP contribution in [-0.2, 0) is 17.6 Å². The monoisotopic (exact) mass is 394 g/mol. The Morgan fingerprint density at radius 1 is 1.28 bits per heavy atom. The number of rotatable bonds is 5. The van der Waals surface area contributed by atoms with E-state index >= 15 is 0 Å². The number of carbonyl (C=O) groups is 2. The van der Waals surface area contributed by atoms with Crippen LogP contribution in [0.25, 0.3) is 5.69 Å². The third-order valence-corrected chi connectivity index (χ3v) is 5.22. The maximum atomic E-state index is 12.4. The highest BCUT2D eigenvalue weighted by Gasteiger charge is 2.32. The number of anilines is 1. The Labute approximate surface area is 167 Å². The first kappa shape index (κ1) is 19.0. The van der Waals surface area contributed by atoms with Crippen molar-refractivity contribution in [2.75, 3.05) is 5.32 Å². The number of hydrogen-bond donors (Lipinski definition) is 1. The van der Waals surface area contributed by atoms with Crippen molar-refractivity contribution in [1.82, 2.24) is 25.2 Å². The van der Waals surface area contributed by atoms with Gasteiger partial charge in [0, 0.05) is 12.8 Å². The number of tetrazole rings is 1. The van der Waals surface area contributed by atoms with Crippen molar-refractivity contribution in [2.45, 2.75) is 40.0 Å². The summed E-state index contributed by atoms with van der Waals surface area (Å²) in [5.74, 6) is 1.59. The van der Waals surface area contributed by atoms with Crippen LogP contribution in [0.5, 0.6) is 0 Å². The molecular formula is C20H22N6O3. The fraction of sp³-hybridized carbons (Fsp3) is 0.400. The quantitative estimate of drug-likeness (QED) is 0.707. The molecule has 0 aliphatic heterocycles. The standard InChI is InChI=1S/C20H22N6O3/c1-11(2)14-9-16(27)19-17(10-14)29-20(22-19)21-18(28)8-13-4-6-15(7-5-13)26-12(3)23-24-25-26/h4-7,11,14H,8-10H2,1-3H3,(H,21,22,28). The molecule has 1 aliphatic rings. The zero-order valence-electron chi connectivity index (χ0n) is 16.5. The molecule has 1 atom stereocenters. The normalized spacial score (nSPS) is 16.1. The number of oxazole rings is 1. The Bertz CT molecular complexity index is 1050. The van der Waals surface area contributed by atoms with Crippen LogP contribution in [0.3, 0.4) is 0 Å². The lowest BCUT2D eigenvalue weighted by atomic mass is 9.82. The molecule has 0 saturated carbocycles. The van der Waals surface area contributed by atoms with Crippen molar-refractivity contribution < 1.29 is 14.0 Å². The first-order chi connectivity index (χ1) is 13.9. The number of aryl methyl sites for hydroxylation is 1. The van der Waals surface area contributed by atoms with E-state index < -0.39 is 0 Å². The smallest absolute Gasteiger partial charge is 0.302 e. The molecule has 0 radical (unpaired) electrons. The Morgan fingerprint density at radius 3 is 2.69 bits per heavy atom. The van der Waals surface area contributed by atoms with Gasteiger partial charge in [-0.25, -0.2) is 0 Å². The van der Waals surface area contributed by atoms with E-state index in [2.05, 4.69) is 39.7 Å². The first-order valence-corrected chi connectivity index (χ1v) is 9.57. The molecule has 1 N–H and O–H groups in total. The molecule has 3 aromatic rings. The maximum absolute atomic E-state index is 12.4. The number of nitrogens with one attached hydrogen (secondary N) is 1. The molecule has 0 spiro atoms. The minimum absolute atomic E-state index is 0.0253. The number of benzene rings is 1. The molecule has 1 amide bonds. The molecule has 2 aromatic heterocycles. The van der Waals surface area contributed by atoms with Gasteiger partial charge in [-0.1, -0.05) is 26.0 Å². The van der Waals surface area contributed by atoms with Crippen LogP contribution >= 0.6 is 0 Å². The van der Waals surface area contributed by atoms with E-state index in [0.717, 1.165) is 11.3 Å². The minimum Gasteiger partial charge on any atom is -0.428 e. The maximum Gasteiger partial charge on any atom is 0.302 e. The number of aromatic nitrogens is 5. The first-order valence-electron chi connectivity index (χ1n) is 9.57. The zero-order chi connectivity index (χ0) is 20.5. The third kappa shape index (κ3) is 3.94. The molecule has 4 rings (SSSR count). The SMILES string of the molecule is Cc1nnnn1-c1ccc(CC(=O)Nc2nc3c(o2)CC(C(C)C)CC3=O)cc1. The van der Waals surface area contributed by atoms with E-state index in [4.69, 9.17) is 4.42 Å². The number of Topliss-reactive ketones (excluding diaryl/α,β-unsaturated/α-hetero) is 1. The van der Waals surface area contributed by atoms with Crippen molar-refractivity contribution in [1.29, 1.82) is 0 Å². The molecule has 1 aliphatic carbocycles. The van der Waals surface area contributed by atoms with Crippen LogP contribution in [0.2, 0.25) is 0 Å². The molecule has 0 fully saturated rings. The fourth-order valence-electron chi connectivity index (χ4n) is 3.45. The van der Waals surface area contributed by atoms with E-state index in [-0.39, 0.29) is 30.0 Å². The van der Waals surface area contributed by atoms with Crippen molar-refractivity contribution in [3.05, 3.63) is 47.1 Å². The van der Waals surface area contributed by atoms with Crippen LogP contribution in [0.1, 0.15) is 47.9 Å². The molecule has 9 heteroatoms. The van der Waals surface area contributed by atoms with Crippen LogP contribution < -0.4 is 5.32 Å². The molecule has 0 saturated heterocycles. The summed E-state index contributed by atoms with van der Waals surface area (Å²) in [6.07, 6.45) is 1.29.